The number of hydrogen-bond donors (Lipinski definition) is 1. The third kappa shape index (κ3) is 3.05. The first-order chi connectivity index (χ1) is 7.88. The standard InChI is InChI=1S/C12H13N3S/c13-6-10-7-14-12(15-8-10)9-16-11-4-2-1-3-5-11/h1-5,7-8H,6,9,13H2. The largest absolute Gasteiger partial charge is 0.326 e. The lowest BCUT2D eigenvalue weighted by molar-refractivity contribution is 0.960. The van der Waals surface area contributed by atoms with Gasteiger partial charge in [0.15, 0.2) is 0 Å². The van der Waals surface area contributed by atoms with E-state index in [2.05, 4.69) is 22.1 Å². The van der Waals surface area contributed by atoms with Crippen molar-refractivity contribution in [3.8, 4) is 0 Å². The van der Waals surface area contributed by atoms with Crippen LogP contribution in [0.1, 0.15) is 11.4 Å². The minimum atomic E-state index is 0.492. The minimum Gasteiger partial charge on any atom is -0.326 e. The maximum absolute atomic E-state index is 5.48. The van der Waals surface area contributed by atoms with Gasteiger partial charge in [0.1, 0.15) is 5.82 Å². The highest BCUT2D eigenvalue weighted by Crippen LogP contribution is 2.20. The van der Waals surface area contributed by atoms with Gasteiger partial charge in [-0.25, -0.2) is 9.97 Å². The van der Waals surface area contributed by atoms with E-state index in [0.717, 1.165) is 17.1 Å². The van der Waals surface area contributed by atoms with Crippen molar-refractivity contribution in [2.24, 2.45) is 5.73 Å². The molecule has 4 heteroatoms. The van der Waals surface area contributed by atoms with E-state index in [1.165, 1.54) is 4.90 Å². The minimum absolute atomic E-state index is 0.492. The maximum Gasteiger partial charge on any atom is 0.138 e. The van der Waals surface area contributed by atoms with E-state index in [1.807, 2.05) is 18.2 Å². The fraction of sp³-hybridized carbons (Fsp3) is 0.167. The SMILES string of the molecule is NCc1cnc(CSc2ccccc2)nc1. The van der Waals surface area contributed by atoms with Gasteiger partial charge in [0.05, 0.1) is 5.75 Å². The van der Waals surface area contributed by atoms with E-state index in [1.54, 1.807) is 24.2 Å². The summed E-state index contributed by atoms with van der Waals surface area (Å²) in [5, 5.41) is 0. The van der Waals surface area contributed by atoms with Crippen LogP contribution in [0.15, 0.2) is 47.6 Å². The molecule has 2 N–H and O–H groups in total. The second kappa shape index (κ2) is 5.63. The average molecular weight is 231 g/mol. The molecule has 82 valence electrons. The van der Waals surface area contributed by atoms with Crippen molar-refractivity contribution >= 4 is 11.8 Å². The highest BCUT2D eigenvalue weighted by Gasteiger charge is 1.98. The summed E-state index contributed by atoms with van der Waals surface area (Å²) in [4.78, 5) is 9.74. The van der Waals surface area contributed by atoms with Crippen molar-refractivity contribution in [3.63, 3.8) is 0 Å². The quantitative estimate of drug-likeness (QED) is 0.820. The lowest BCUT2D eigenvalue weighted by atomic mass is 10.3. The number of benzene rings is 1. The van der Waals surface area contributed by atoms with Crippen LogP contribution in [0.5, 0.6) is 0 Å². The summed E-state index contributed by atoms with van der Waals surface area (Å²) in [6.45, 7) is 0.492. The van der Waals surface area contributed by atoms with E-state index in [4.69, 9.17) is 5.73 Å². The summed E-state index contributed by atoms with van der Waals surface area (Å²) < 4.78 is 0. The van der Waals surface area contributed by atoms with E-state index >= 15 is 0 Å². The van der Waals surface area contributed by atoms with Crippen LogP contribution in [-0.4, -0.2) is 9.97 Å². The fourth-order valence-corrected chi connectivity index (χ4v) is 2.02. The number of thioether (sulfide) groups is 1. The monoisotopic (exact) mass is 231 g/mol. The zero-order valence-corrected chi connectivity index (χ0v) is 9.65. The van der Waals surface area contributed by atoms with Crippen molar-refractivity contribution in [2.75, 3.05) is 0 Å². The molecule has 0 aliphatic rings. The molecule has 0 fully saturated rings. The van der Waals surface area contributed by atoms with Crippen LogP contribution in [0.2, 0.25) is 0 Å². The molecule has 0 spiro atoms. The van der Waals surface area contributed by atoms with Crippen LogP contribution < -0.4 is 5.73 Å². The van der Waals surface area contributed by atoms with Gasteiger partial charge in [-0.3, -0.25) is 0 Å². The second-order valence-electron chi connectivity index (χ2n) is 3.31. The Balaban J connectivity index is 1.94. The molecule has 0 saturated heterocycles. The summed E-state index contributed by atoms with van der Waals surface area (Å²) in [7, 11) is 0. The first kappa shape index (κ1) is 11.1. The molecule has 0 atom stereocenters. The second-order valence-corrected chi connectivity index (χ2v) is 4.36. The summed E-state index contributed by atoms with van der Waals surface area (Å²) >= 11 is 1.73. The Morgan fingerprint density at radius 3 is 2.38 bits per heavy atom. The lowest BCUT2D eigenvalue weighted by Gasteiger charge is -2.01. The van der Waals surface area contributed by atoms with Crippen molar-refractivity contribution in [2.45, 2.75) is 17.2 Å². The average Bonchev–Trinajstić information content (AvgIpc) is 2.38. The molecule has 16 heavy (non-hydrogen) atoms. The Labute approximate surface area is 99.1 Å². The molecule has 2 rings (SSSR count). The van der Waals surface area contributed by atoms with Gasteiger partial charge in [-0.15, -0.1) is 11.8 Å². The van der Waals surface area contributed by atoms with Crippen molar-refractivity contribution in [1.29, 1.82) is 0 Å². The van der Waals surface area contributed by atoms with Crippen LogP contribution in [-0.2, 0) is 12.3 Å². The third-order valence-corrected chi connectivity index (χ3v) is 3.11. The molecular weight excluding hydrogens is 218 g/mol. The van der Waals surface area contributed by atoms with E-state index < -0.39 is 0 Å². The molecule has 1 aromatic carbocycles. The van der Waals surface area contributed by atoms with Crippen LogP contribution in [0, 0.1) is 0 Å². The molecule has 0 radical (unpaired) electrons. The lowest BCUT2D eigenvalue weighted by Crippen LogP contribution is -2.00. The highest BCUT2D eigenvalue weighted by atomic mass is 32.2. The number of nitrogens with zero attached hydrogens (tertiary/aromatic N) is 2. The van der Waals surface area contributed by atoms with Gasteiger partial charge in [-0.2, -0.15) is 0 Å². The van der Waals surface area contributed by atoms with Crippen LogP contribution in [0.4, 0.5) is 0 Å². The normalized spacial score (nSPS) is 10.3. The van der Waals surface area contributed by atoms with Crippen LogP contribution in [0.25, 0.3) is 0 Å². The zero-order valence-electron chi connectivity index (χ0n) is 8.84. The topological polar surface area (TPSA) is 51.8 Å². The van der Waals surface area contributed by atoms with E-state index in [0.29, 0.717) is 6.54 Å². The predicted molar refractivity (Wildman–Crippen MR) is 65.9 cm³/mol. The molecule has 0 saturated carbocycles. The Kier molecular flexibility index (Phi) is 3.91. The number of rotatable bonds is 4. The number of hydrogen-bond acceptors (Lipinski definition) is 4. The summed E-state index contributed by atoms with van der Waals surface area (Å²) in [6, 6.07) is 10.2. The van der Waals surface area contributed by atoms with E-state index in [9.17, 15) is 0 Å². The van der Waals surface area contributed by atoms with Crippen LogP contribution in [0.3, 0.4) is 0 Å². The van der Waals surface area contributed by atoms with Gasteiger partial charge >= 0.3 is 0 Å². The van der Waals surface area contributed by atoms with Gasteiger partial charge < -0.3 is 5.73 Å². The predicted octanol–water partition coefficient (Wildman–Crippen LogP) is 2.23. The zero-order chi connectivity index (χ0) is 11.2. The van der Waals surface area contributed by atoms with Gasteiger partial charge in [0, 0.05) is 29.4 Å². The maximum atomic E-state index is 5.48. The molecule has 0 aliphatic carbocycles. The van der Waals surface area contributed by atoms with Gasteiger partial charge in [0.25, 0.3) is 0 Å². The van der Waals surface area contributed by atoms with Gasteiger partial charge in [0.2, 0.25) is 0 Å². The van der Waals surface area contributed by atoms with Gasteiger partial charge in [-0.05, 0) is 12.1 Å². The third-order valence-electron chi connectivity index (χ3n) is 2.11. The molecule has 3 nitrogen and oxygen atoms in total. The molecule has 1 heterocycles. The summed E-state index contributed by atoms with van der Waals surface area (Å²) in [6.07, 6.45) is 3.57. The fourth-order valence-electron chi connectivity index (χ4n) is 1.23. The Hall–Kier alpha value is -1.39. The Morgan fingerprint density at radius 2 is 1.75 bits per heavy atom. The van der Waals surface area contributed by atoms with Crippen LogP contribution >= 0.6 is 11.8 Å². The molecule has 1 aromatic heterocycles. The van der Waals surface area contributed by atoms with Crippen molar-refractivity contribution < 1.29 is 0 Å². The van der Waals surface area contributed by atoms with Crippen molar-refractivity contribution in [3.05, 3.63) is 54.1 Å². The number of aromatic nitrogens is 2. The highest BCUT2D eigenvalue weighted by molar-refractivity contribution is 7.98. The van der Waals surface area contributed by atoms with Crippen molar-refractivity contribution in [1.82, 2.24) is 9.97 Å². The summed E-state index contributed by atoms with van der Waals surface area (Å²) in [5.41, 5.74) is 6.45. The molecule has 0 bridgehead atoms. The summed E-state index contributed by atoms with van der Waals surface area (Å²) in [5.74, 6) is 1.63. The first-order valence-electron chi connectivity index (χ1n) is 5.06. The Morgan fingerprint density at radius 1 is 1.06 bits per heavy atom. The first-order valence-corrected chi connectivity index (χ1v) is 6.05. The smallest absolute Gasteiger partial charge is 0.138 e. The molecule has 0 aliphatic heterocycles. The molecule has 0 amide bonds. The number of nitrogens with two attached hydrogens (primary N) is 1. The van der Waals surface area contributed by atoms with Gasteiger partial charge in [-0.1, -0.05) is 18.2 Å². The molecule has 2 aromatic rings. The van der Waals surface area contributed by atoms with E-state index in [-0.39, 0.29) is 0 Å². The molecule has 0 unspecified atom stereocenters. The molecular formula is C12H13N3S. The Bertz CT molecular complexity index is 428.